The van der Waals surface area contributed by atoms with Crippen molar-refractivity contribution in [3.05, 3.63) is 29.6 Å². The summed E-state index contributed by atoms with van der Waals surface area (Å²) < 4.78 is 0. The topological polar surface area (TPSA) is 79.9 Å². The zero-order valence-corrected chi connectivity index (χ0v) is 11.2. The third-order valence-electron chi connectivity index (χ3n) is 2.68. The van der Waals surface area contributed by atoms with Crippen LogP contribution in [-0.4, -0.2) is 21.9 Å². The van der Waals surface area contributed by atoms with Crippen LogP contribution in [0.5, 0.6) is 0 Å². The van der Waals surface area contributed by atoms with Crippen molar-refractivity contribution in [2.24, 2.45) is 5.92 Å². The fourth-order valence-corrected chi connectivity index (χ4v) is 1.70. The first kappa shape index (κ1) is 14.8. The molecule has 2 aromatic rings. The number of fused-ring (bicyclic) bond motifs is 1. The maximum atomic E-state index is 11.6. The SMILES string of the molecule is Cc1cc2cc(CC(=O)C(C)C)cnc2[nH]1.O=C=O. The van der Waals surface area contributed by atoms with E-state index >= 15 is 0 Å². The lowest BCUT2D eigenvalue weighted by atomic mass is 10.0. The van der Waals surface area contributed by atoms with Crippen LogP contribution >= 0.6 is 0 Å². The molecule has 0 aliphatic heterocycles. The Kier molecular flexibility index (Phi) is 5.15. The summed E-state index contributed by atoms with van der Waals surface area (Å²) in [7, 11) is 0. The number of aryl methyl sites for hydroxylation is 1. The molecule has 0 radical (unpaired) electrons. The molecular weight excluding hydrogens is 244 g/mol. The molecule has 0 atom stereocenters. The average molecular weight is 260 g/mol. The third-order valence-corrected chi connectivity index (χ3v) is 2.68. The van der Waals surface area contributed by atoms with Crippen molar-refractivity contribution in [1.29, 1.82) is 0 Å². The van der Waals surface area contributed by atoms with Crippen LogP contribution in [0, 0.1) is 12.8 Å². The molecular formula is C14H16N2O3. The summed E-state index contributed by atoms with van der Waals surface area (Å²) in [6, 6.07) is 4.08. The molecule has 0 aliphatic rings. The largest absolute Gasteiger partial charge is 0.373 e. The summed E-state index contributed by atoms with van der Waals surface area (Å²) in [6.45, 7) is 5.85. The minimum atomic E-state index is 0.0867. The highest BCUT2D eigenvalue weighted by molar-refractivity contribution is 5.84. The average Bonchev–Trinajstić information content (AvgIpc) is 2.69. The first-order valence-corrected chi connectivity index (χ1v) is 5.94. The van der Waals surface area contributed by atoms with Gasteiger partial charge >= 0.3 is 6.15 Å². The summed E-state index contributed by atoms with van der Waals surface area (Å²) in [5.74, 6) is 0.345. The van der Waals surface area contributed by atoms with Gasteiger partial charge in [0.1, 0.15) is 11.4 Å². The Bertz CT molecular complexity index is 608. The van der Waals surface area contributed by atoms with E-state index < -0.39 is 0 Å². The fourth-order valence-electron chi connectivity index (χ4n) is 1.70. The summed E-state index contributed by atoms with van der Waals surface area (Å²) in [5, 5.41) is 1.08. The lowest BCUT2D eigenvalue weighted by Gasteiger charge is -2.03. The molecule has 19 heavy (non-hydrogen) atoms. The van der Waals surface area contributed by atoms with Gasteiger partial charge in [0, 0.05) is 29.6 Å². The molecule has 5 heteroatoms. The monoisotopic (exact) mass is 260 g/mol. The Morgan fingerprint density at radius 2 is 2.00 bits per heavy atom. The van der Waals surface area contributed by atoms with Gasteiger partial charge in [-0.2, -0.15) is 9.59 Å². The van der Waals surface area contributed by atoms with Gasteiger partial charge in [-0.25, -0.2) is 4.98 Å². The second-order valence-corrected chi connectivity index (χ2v) is 4.61. The lowest BCUT2D eigenvalue weighted by Crippen LogP contribution is -2.10. The fraction of sp³-hybridized carbons (Fsp3) is 0.357. The van der Waals surface area contributed by atoms with Crippen molar-refractivity contribution in [2.45, 2.75) is 27.2 Å². The molecule has 0 spiro atoms. The molecule has 0 amide bonds. The van der Waals surface area contributed by atoms with Crippen LogP contribution in [0.3, 0.4) is 0 Å². The van der Waals surface area contributed by atoms with Crippen LogP contribution in [-0.2, 0) is 20.8 Å². The molecule has 100 valence electrons. The number of carbonyl (C=O) groups is 1. The number of aromatic amines is 1. The van der Waals surface area contributed by atoms with Crippen LogP contribution in [0.1, 0.15) is 25.1 Å². The maximum Gasteiger partial charge on any atom is 0.373 e. The van der Waals surface area contributed by atoms with Crippen LogP contribution in [0.25, 0.3) is 11.0 Å². The summed E-state index contributed by atoms with van der Waals surface area (Å²) in [4.78, 5) is 35.3. The molecule has 0 bridgehead atoms. The second-order valence-electron chi connectivity index (χ2n) is 4.61. The van der Waals surface area contributed by atoms with E-state index in [2.05, 4.69) is 9.97 Å². The molecule has 0 saturated heterocycles. The molecule has 0 fully saturated rings. The number of nitrogens with zero attached hydrogens (tertiary/aromatic N) is 1. The predicted molar refractivity (Wildman–Crippen MR) is 69.4 cm³/mol. The minimum absolute atomic E-state index is 0.0867. The van der Waals surface area contributed by atoms with Crippen LogP contribution < -0.4 is 0 Å². The Balaban J connectivity index is 0.000000550. The normalized spacial score (nSPS) is 9.89. The van der Waals surface area contributed by atoms with E-state index in [1.165, 1.54) is 0 Å². The molecule has 2 heterocycles. The molecule has 0 saturated carbocycles. The van der Waals surface area contributed by atoms with Crippen molar-refractivity contribution in [3.8, 4) is 0 Å². The van der Waals surface area contributed by atoms with Crippen molar-refractivity contribution in [1.82, 2.24) is 9.97 Å². The number of carbonyl (C=O) groups excluding carboxylic acids is 3. The maximum absolute atomic E-state index is 11.6. The number of ketones is 1. The van der Waals surface area contributed by atoms with Gasteiger partial charge in [0.2, 0.25) is 0 Å². The van der Waals surface area contributed by atoms with Gasteiger partial charge in [0.25, 0.3) is 0 Å². The van der Waals surface area contributed by atoms with Gasteiger partial charge in [-0.05, 0) is 24.6 Å². The standard InChI is InChI=1S/C13H16N2O.CO2/c1-8(2)12(16)6-10-5-11-4-9(3)15-13(11)14-7-10;2-1-3/h4-5,7-8H,6H2,1-3H3,(H,14,15);. The van der Waals surface area contributed by atoms with Gasteiger partial charge in [-0.15, -0.1) is 0 Å². The van der Waals surface area contributed by atoms with Gasteiger partial charge in [-0.3, -0.25) is 4.79 Å². The van der Waals surface area contributed by atoms with Gasteiger partial charge < -0.3 is 4.98 Å². The molecule has 2 aromatic heterocycles. The van der Waals surface area contributed by atoms with E-state index in [1.807, 2.05) is 32.9 Å². The number of hydrogen-bond acceptors (Lipinski definition) is 4. The molecule has 5 nitrogen and oxygen atoms in total. The molecule has 0 unspecified atom stereocenters. The van der Waals surface area contributed by atoms with E-state index in [9.17, 15) is 4.79 Å². The second kappa shape index (κ2) is 6.61. The summed E-state index contributed by atoms with van der Waals surface area (Å²) in [5.41, 5.74) is 2.97. The van der Waals surface area contributed by atoms with Crippen molar-refractivity contribution in [3.63, 3.8) is 0 Å². The van der Waals surface area contributed by atoms with E-state index in [-0.39, 0.29) is 17.9 Å². The first-order valence-electron chi connectivity index (χ1n) is 5.94. The molecule has 2 rings (SSSR count). The van der Waals surface area contributed by atoms with E-state index in [0.717, 1.165) is 22.3 Å². The first-order chi connectivity index (χ1) is 8.97. The van der Waals surface area contributed by atoms with Crippen molar-refractivity contribution in [2.75, 3.05) is 0 Å². The van der Waals surface area contributed by atoms with Crippen molar-refractivity contribution < 1.29 is 14.4 Å². The number of Topliss-reactive ketones (excluding diaryl/α,β-unsaturated/α-hetero) is 1. The number of H-pyrrole nitrogens is 1. The highest BCUT2D eigenvalue weighted by Gasteiger charge is 2.09. The summed E-state index contributed by atoms with van der Waals surface area (Å²) >= 11 is 0. The van der Waals surface area contributed by atoms with E-state index in [1.54, 1.807) is 6.20 Å². The van der Waals surface area contributed by atoms with Crippen LogP contribution in [0.15, 0.2) is 18.3 Å². The zero-order valence-electron chi connectivity index (χ0n) is 11.2. The van der Waals surface area contributed by atoms with Crippen molar-refractivity contribution >= 4 is 23.0 Å². The Hall–Kier alpha value is -2.26. The minimum Gasteiger partial charge on any atom is -0.344 e. The highest BCUT2D eigenvalue weighted by atomic mass is 16.2. The number of hydrogen-bond donors (Lipinski definition) is 1. The number of nitrogens with one attached hydrogen (secondary N) is 1. The Morgan fingerprint density at radius 3 is 2.58 bits per heavy atom. The smallest absolute Gasteiger partial charge is 0.344 e. The zero-order chi connectivity index (χ0) is 14.4. The predicted octanol–water partition coefficient (Wildman–Crippen LogP) is 2.06. The lowest BCUT2D eigenvalue weighted by molar-refractivity contribution is -0.191. The number of rotatable bonds is 3. The Morgan fingerprint density at radius 1 is 1.37 bits per heavy atom. The highest BCUT2D eigenvalue weighted by Crippen LogP contribution is 2.15. The van der Waals surface area contributed by atoms with Gasteiger partial charge in [-0.1, -0.05) is 13.8 Å². The summed E-state index contributed by atoms with van der Waals surface area (Å²) in [6.07, 6.45) is 2.50. The number of aromatic nitrogens is 2. The Labute approximate surface area is 111 Å². The molecule has 1 N–H and O–H groups in total. The number of pyridine rings is 1. The quantitative estimate of drug-likeness (QED) is 0.916. The molecule has 0 aliphatic carbocycles. The van der Waals surface area contributed by atoms with E-state index in [4.69, 9.17) is 9.59 Å². The van der Waals surface area contributed by atoms with E-state index in [0.29, 0.717) is 6.42 Å². The van der Waals surface area contributed by atoms with Crippen LogP contribution in [0.4, 0.5) is 0 Å². The van der Waals surface area contributed by atoms with Gasteiger partial charge in [0.05, 0.1) is 0 Å². The van der Waals surface area contributed by atoms with Crippen LogP contribution in [0.2, 0.25) is 0 Å². The third kappa shape index (κ3) is 4.16. The van der Waals surface area contributed by atoms with Gasteiger partial charge in [0.15, 0.2) is 0 Å². The molecule has 0 aromatic carbocycles.